The minimum atomic E-state index is -2.41. The summed E-state index contributed by atoms with van der Waals surface area (Å²) in [5.74, 6) is 0. The highest BCUT2D eigenvalue weighted by Crippen LogP contribution is 2.36. The molecule has 1 atom stereocenters. The third-order valence-electron chi connectivity index (χ3n) is 2.15. The second-order valence-corrected chi connectivity index (χ2v) is 6.18. The molecule has 0 amide bonds. The molecule has 1 aromatic heterocycles. The lowest BCUT2D eigenvalue weighted by Gasteiger charge is -2.14. The summed E-state index contributed by atoms with van der Waals surface area (Å²) in [6.45, 7) is -0.214. The van der Waals surface area contributed by atoms with Crippen LogP contribution in [0.1, 0.15) is 17.3 Å². The summed E-state index contributed by atoms with van der Waals surface area (Å²) in [6.07, 6.45) is -1.78. The van der Waals surface area contributed by atoms with Crippen LogP contribution in [0.2, 0.25) is 5.02 Å². The normalized spacial score (nSPS) is 13.3. The summed E-state index contributed by atoms with van der Waals surface area (Å²) < 4.78 is 29.4. The molecule has 17 heavy (non-hydrogen) atoms. The first kappa shape index (κ1) is 15.3. The largest absolute Gasteiger partial charge is 0.375 e. The van der Waals surface area contributed by atoms with Crippen LogP contribution >= 0.6 is 38.9 Å². The highest BCUT2D eigenvalue weighted by Gasteiger charge is 2.14. The maximum absolute atomic E-state index is 11.9. The van der Waals surface area contributed by atoms with Crippen LogP contribution in [0.3, 0.4) is 0 Å². The van der Waals surface area contributed by atoms with E-state index >= 15 is 0 Å². The highest BCUT2D eigenvalue weighted by molar-refractivity contribution is 9.11. The van der Waals surface area contributed by atoms with Gasteiger partial charge in [0.1, 0.15) is 6.61 Å². The van der Waals surface area contributed by atoms with Gasteiger partial charge in [0, 0.05) is 17.5 Å². The quantitative estimate of drug-likeness (QED) is 0.749. The van der Waals surface area contributed by atoms with Gasteiger partial charge in [-0.2, -0.15) is 0 Å². The Morgan fingerprint density at radius 3 is 2.76 bits per heavy atom. The van der Waals surface area contributed by atoms with Gasteiger partial charge in [-0.3, -0.25) is 0 Å². The summed E-state index contributed by atoms with van der Waals surface area (Å²) >= 11 is 10.8. The molecule has 1 rings (SSSR count). The van der Waals surface area contributed by atoms with E-state index < -0.39 is 13.0 Å². The number of alkyl halides is 2. The zero-order valence-corrected chi connectivity index (χ0v) is 12.3. The number of rotatable bonds is 7. The van der Waals surface area contributed by atoms with Gasteiger partial charge in [-0.1, -0.05) is 11.6 Å². The van der Waals surface area contributed by atoms with Crippen LogP contribution in [0.4, 0.5) is 8.78 Å². The number of halogens is 4. The Hall–Kier alpha value is 0.250. The van der Waals surface area contributed by atoms with E-state index in [1.54, 1.807) is 0 Å². The molecular formula is C10H13BrClF2NOS. The van der Waals surface area contributed by atoms with E-state index in [0.717, 1.165) is 8.66 Å². The molecule has 0 bridgehead atoms. The van der Waals surface area contributed by atoms with E-state index in [1.807, 2.05) is 13.1 Å². The number of hydrogen-bond acceptors (Lipinski definition) is 3. The second kappa shape index (κ2) is 7.63. The van der Waals surface area contributed by atoms with Gasteiger partial charge >= 0.3 is 0 Å². The molecule has 1 N–H and O–H groups in total. The van der Waals surface area contributed by atoms with Gasteiger partial charge in [0.2, 0.25) is 0 Å². The first-order valence-corrected chi connectivity index (χ1v) is 7.01. The van der Waals surface area contributed by atoms with Crippen LogP contribution < -0.4 is 5.32 Å². The van der Waals surface area contributed by atoms with Gasteiger partial charge in [-0.05, 0) is 35.5 Å². The van der Waals surface area contributed by atoms with E-state index in [4.69, 9.17) is 16.3 Å². The SMILES string of the molecule is CNC(CCOCC(F)F)c1cc(Cl)c(Br)s1. The molecule has 0 spiro atoms. The van der Waals surface area contributed by atoms with Crippen molar-refractivity contribution in [2.45, 2.75) is 18.9 Å². The minimum Gasteiger partial charge on any atom is -0.375 e. The predicted molar refractivity (Wildman–Crippen MR) is 70.3 cm³/mol. The molecule has 1 heterocycles. The summed E-state index contributed by atoms with van der Waals surface area (Å²) in [5, 5.41) is 3.78. The standard InChI is InChI=1S/C10H13BrClF2NOS/c1-15-7(2-3-16-5-9(13)14)8-4-6(12)10(11)17-8/h4,7,9,15H,2-3,5H2,1H3. The molecule has 0 aliphatic rings. The average Bonchev–Trinajstić information content (AvgIpc) is 2.59. The van der Waals surface area contributed by atoms with Crippen LogP contribution in [-0.4, -0.2) is 26.7 Å². The monoisotopic (exact) mass is 347 g/mol. The van der Waals surface area contributed by atoms with Crippen molar-refractivity contribution >= 4 is 38.9 Å². The van der Waals surface area contributed by atoms with Crippen molar-refractivity contribution in [1.29, 1.82) is 0 Å². The van der Waals surface area contributed by atoms with Crippen molar-refractivity contribution < 1.29 is 13.5 Å². The van der Waals surface area contributed by atoms with Crippen molar-refractivity contribution in [2.75, 3.05) is 20.3 Å². The van der Waals surface area contributed by atoms with Crippen LogP contribution in [-0.2, 0) is 4.74 Å². The van der Waals surface area contributed by atoms with Gasteiger partial charge in [0.25, 0.3) is 6.43 Å². The molecule has 1 unspecified atom stereocenters. The van der Waals surface area contributed by atoms with Gasteiger partial charge in [-0.15, -0.1) is 11.3 Å². The minimum absolute atomic E-state index is 0.0708. The molecule has 1 aromatic rings. The first-order valence-electron chi connectivity index (χ1n) is 5.02. The van der Waals surface area contributed by atoms with E-state index in [-0.39, 0.29) is 6.04 Å². The van der Waals surface area contributed by atoms with Crippen molar-refractivity contribution in [3.05, 3.63) is 19.8 Å². The molecule has 0 saturated heterocycles. The lowest BCUT2D eigenvalue weighted by atomic mass is 10.2. The van der Waals surface area contributed by atoms with Crippen LogP contribution in [0, 0.1) is 0 Å². The fraction of sp³-hybridized carbons (Fsp3) is 0.600. The summed E-state index contributed by atoms with van der Waals surface area (Å²) in [6, 6.07) is 1.94. The average molecular weight is 349 g/mol. The molecule has 0 radical (unpaired) electrons. The summed E-state index contributed by atoms with van der Waals surface area (Å²) in [5.41, 5.74) is 0. The van der Waals surface area contributed by atoms with Gasteiger partial charge in [-0.25, -0.2) is 8.78 Å². The molecular weight excluding hydrogens is 336 g/mol. The third kappa shape index (κ3) is 5.18. The lowest BCUT2D eigenvalue weighted by Crippen LogP contribution is -2.18. The van der Waals surface area contributed by atoms with Crippen LogP contribution in [0.15, 0.2) is 9.85 Å². The molecule has 7 heteroatoms. The summed E-state index contributed by atoms with van der Waals surface area (Å²) in [4.78, 5) is 1.06. The summed E-state index contributed by atoms with van der Waals surface area (Å²) in [7, 11) is 1.82. The second-order valence-electron chi connectivity index (χ2n) is 3.37. The molecule has 0 fully saturated rings. The third-order valence-corrected chi connectivity index (χ3v) is 4.74. The molecule has 98 valence electrons. The Kier molecular flexibility index (Phi) is 6.87. The van der Waals surface area contributed by atoms with E-state index in [9.17, 15) is 8.78 Å². The Balaban J connectivity index is 2.43. The van der Waals surface area contributed by atoms with Crippen molar-refractivity contribution in [2.24, 2.45) is 0 Å². The smallest absolute Gasteiger partial charge is 0.261 e. The molecule has 0 aliphatic heterocycles. The van der Waals surface area contributed by atoms with Crippen molar-refractivity contribution in [1.82, 2.24) is 5.32 Å². The molecule has 0 aromatic carbocycles. The Morgan fingerprint density at radius 2 is 2.29 bits per heavy atom. The molecule has 0 aliphatic carbocycles. The first-order chi connectivity index (χ1) is 8.04. The zero-order chi connectivity index (χ0) is 12.8. The van der Waals surface area contributed by atoms with E-state index in [2.05, 4.69) is 21.2 Å². The maximum atomic E-state index is 11.9. The fourth-order valence-electron chi connectivity index (χ4n) is 1.34. The van der Waals surface area contributed by atoms with Crippen molar-refractivity contribution in [3.63, 3.8) is 0 Å². The lowest BCUT2D eigenvalue weighted by molar-refractivity contribution is 0.0146. The zero-order valence-electron chi connectivity index (χ0n) is 9.18. The fourth-order valence-corrected chi connectivity index (χ4v) is 3.23. The molecule has 2 nitrogen and oxygen atoms in total. The highest BCUT2D eigenvalue weighted by atomic mass is 79.9. The van der Waals surface area contributed by atoms with Crippen LogP contribution in [0.25, 0.3) is 0 Å². The van der Waals surface area contributed by atoms with E-state index in [1.165, 1.54) is 11.3 Å². The number of hydrogen-bond donors (Lipinski definition) is 1. The van der Waals surface area contributed by atoms with Gasteiger partial charge in [0.15, 0.2) is 0 Å². The predicted octanol–water partition coefficient (Wildman–Crippen LogP) is 4.10. The Bertz CT molecular complexity index is 332. The Labute approximate surface area is 116 Å². The molecule has 0 saturated carbocycles. The Morgan fingerprint density at radius 1 is 1.59 bits per heavy atom. The topological polar surface area (TPSA) is 21.3 Å². The number of nitrogens with one attached hydrogen (secondary N) is 1. The van der Waals surface area contributed by atoms with Gasteiger partial charge in [0.05, 0.1) is 8.81 Å². The van der Waals surface area contributed by atoms with E-state index in [0.29, 0.717) is 18.1 Å². The maximum Gasteiger partial charge on any atom is 0.261 e. The van der Waals surface area contributed by atoms with Crippen LogP contribution in [0.5, 0.6) is 0 Å². The number of thiophene rings is 1. The van der Waals surface area contributed by atoms with Crippen molar-refractivity contribution in [3.8, 4) is 0 Å². The van der Waals surface area contributed by atoms with Gasteiger partial charge < -0.3 is 10.1 Å². The number of ether oxygens (including phenoxy) is 1.